The molecule has 0 aromatic heterocycles. The quantitative estimate of drug-likeness (QED) is 0.417. The van der Waals surface area contributed by atoms with Crippen LogP contribution in [0.2, 0.25) is 0 Å². The summed E-state index contributed by atoms with van der Waals surface area (Å²) in [6, 6.07) is 0. The van der Waals surface area contributed by atoms with Gasteiger partial charge in [0.15, 0.2) is 0 Å². The standard InChI is InChI=1S/C11H24O4/c1-5-9-12-10-11(13-6-2,14-7-3)15-8-4/h5-10H2,1-4H3. The van der Waals surface area contributed by atoms with Crippen molar-refractivity contribution in [3.63, 3.8) is 0 Å². The third-order valence-electron chi connectivity index (χ3n) is 1.72. The average molecular weight is 220 g/mol. The Morgan fingerprint density at radius 1 is 0.800 bits per heavy atom. The molecule has 0 N–H and O–H groups in total. The Bertz CT molecular complexity index is 122. The lowest BCUT2D eigenvalue weighted by atomic mass is 10.5. The van der Waals surface area contributed by atoms with E-state index in [0.717, 1.165) is 6.42 Å². The normalized spacial score (nSPS) is 12.0. The highest BCUT2D eigenvalue weighted by molar-refractivity contribution is 4.56. The van der Waals surface area contributed by atoms with Crippen LogP contribution >= 0.6 is 0 Å². The van der Waals surface area contributed by atoms with Crippen LogP contribution in [0.3, 0.4) is 0 Å². The van der Waals surface area contributed by atoms with Crippen molar-refractivity contribution in [3.8, 4) is 0 Å². The zero-order chi connectivity index (χ0) is 11.6. The van der Waals surface area contributed by atoms with Crippen LogP contribution < -0.4 is 0 Å². The van der Waals surface area contributed by atoms with Crippen LogP contribution in [-0.2, 0) is 18.9 Å². The van der Waals surface area contributed by atoms with Crippen molar-refractivity contribution < 1.29 is 18.9 Å². The maximum Gasteiger partial charge on any atom is 0.307 e. The molecule has 0 radical (unpaired) electrons. The van der Waals surface area contributed by atoms with E-state index < -0.39 is 5.97 Å². The summed E-state index contributed by atoms with van der Waals surface area (Å²) < 4.78 is 21.9. The average Bonchev–Trinajstić information content (AvgIpc) is 2.19. The number of ether oxygens (including phenoxy) is 4. The van der Waals surface area contributed by atoms with Crippen molar-refractivity contribution in [2.45, 2.75) is 40.1 Å². The predicted molar refractivity (Wildman–Crippen MR) is 58.7 cm³/mol. The highest BCUT2D eigenvalue weighted by atomic mass is 16.9. The molecule has 0 heterocycles. The zero-order valence-electron chi connectivity index (χ0n) is 10.4. The van der Waals surface area contributed by atoms with Crippen molar-refractivity contribution in [2.75, 3.05) is 33.0 Å². The third-order valence-corrected chi connectivity index (χ3v) is 1.72. The largest absolute Gasteiger partial charge is 0.373 e. The van der Waals surface area contributed by atoms with Crippen molar-refractivity contribution in [3.05, 3.63) is 0 Å². The molecule has 0 saturated carbocycles. The van der Waals surface area contributed by atoms with Crippen LogP contribution in [0.25, 0.3) is 0 Å². The first-order valence-electron chi connectivity index (χ1n) is 5.74. The first-order valence-corrected chi connectivity index (χ1v) is 5.74. The van der Waals surface area contributed by atoms with Crippen LogP contribution in [0.1, 0.15) is 34.1 Å². The summed E-state index contributed by atoms with van der Waals surface area (Å²) in [7, 11) is 0. The highest BCUT2D eigenvalue weighted by Gasteiger charge is 2.32. The van der Waals surface area contributed by atoms with E-state index in [1.807, 2.05) is 20.8 Å². The summed E-state index contributed by atoms with van der Waals surface area (Å²) in [5.41, 5.74) is 0. The number of hydrogen-bond donors (Lipinski definition) is 0. The van der Waals surface area contributed by atoms with E-state index in [4.69, 9.17) is 18.9 Å². The smallest absolute Gasteiger partial charge is 0.307 e. The van der Waals surface area contributed by atoms with E-state index in [1.165, 1.54) is 0 Å². The Morgan fingerprint density at radius 3 is 1.60 bits per heavy atom. The lowest BCUT2D eigenvalue weighted by Gasteiger charge is -2.31. The van der Waals surface area contributed by atoms with Crippen LogP contribution in [0.15, 0.2) is 0 Å². The predicted octanol–water partition coefficient (Wildman–Crippen LogP) is 2.18. The van der Waals surface area contributed by atoms with E-state index in [1.54, 1.807) is 0 Å². The molecule has 4 nitrogen and oxygen atoms in total. The maximum absolute atomic E-state index is 5.49. The van der Waals surface area contributed by atoms with E-state index >= 15 is 0 Å². The second kappa shape index (κ2) is 9.09. The van der Waals surface area contributed by atoms with Crippen LogP contribution in [-0.4, -0.2) is 39.0 Å². The molecule has 0 aromatic rings. The van der Waals surface area contributed by atoms with Gasteiger partial charge in [-0.2, -0.15) is 0 Å². The fourth-order valence-corrected chi connectivity index (χ4v) is 1.25. The second-order valence-electron chi connectivity index (χ2n) is 3.03. The molecule has 0 aliphatic rings. The van der Waals surface area contributed by atoms with Gasteiger partial charge in [-0.1, -0.05) is 6.92 Å². The molecular formula is C11H24O4. The monoisotopic (exact) mass is 220 g/mol. The Labute approximate surface area is 92.8 Å². The molecule has 92 valence electrons. The van der Waals surface area contributed by atoms with Gasteiger partial charge < -0.3 is 18.9 Å². The van der Waals surface area contributed by atoms with Crippen molar-refractivity contribution in [2.24, 2.45) is 0 Å². The molecule has 4 heteroatoms. The summed E-state index contributed by atoms with van der Waals surface area (Å²) >= 11 is 0. The van der Waals surface area contributed by atoms with E-state index in [9.17, 15) is 0 Å². The molecular weight excluding hydrogens is 196 g/mol. The SMILES string of the molecule is CCCOCC(OCC)(OCC)OCC. The fourth-order valence-electron chi connectivity index (χ4n) is 1.25. The molecule has 0 amide bonds. The summed E-state index contributed by atoms with van der Waals surface area (Å²) in [4.78, 5) is 0. The van der Waals surface area contributed by atoms with Gasteiger partial charge in [-0.3, -0.25) is 0 Å². The molecule has 0 rings (SSSR count). The summed E-state index contributed by atoms with van der Waals surface area (Å²) in [5, 5.41) is 0. The Morgan fingerprint density at radius 2 is 1.27 bits per heavy atom. The molecule has 0 fully saturated rings. The van der Waals surface area contributed by atoms with E-state index in [2.05, 4.69) is 6.92 Å². The summed E-state index contributed by atoms with van der Waals surface area (Å²) in [6.07, 6.45) is 0.973. The lowest BCUT2D eigenvalue weighted by Crippen LogP contribution is -2.44. The Balaban J connectivity index is 4.18. The van der Waals surface area contributed by atoms with Gasteiger partial charge in [0.05, 0.1) is 0 Å². The van der Waals surface area contributed by atoms with Gasteiger partial charge in [0, 0.05) is 26.4 Å². The van der Waals surface area contributed by atoms with Crippen LogP contribution in [0.4, 0.5) is 0 Å². The molecule has 0 aliphatic carbocycles. The first-order chi connectivity index (χ1) is 7.24. The first kappa shape index (κ1) is 14.8. The van der Waals surface area contributed by atoms with E-state index in [-0.39, 0.29) is 0 Å². The topological polar surface area (TPSA) is 36.9 Å². The van der Waals surface area contributed by atoms with Gasteiger partial charge in [0.2, 0.25) is 0 Å². The molecule has 0 bridgehead atoms. The molecule has 0 spiro atoms. The molecule has 15 heavy (non-hydrogen) atoms. The number of hydrogen-bond acceptors (Lipinski definition) is 4. The fraction of sp³-hybridized carbons (Fsp3) is 1.00. The van der Waals surface area contributed by atoms with Gasteiger partial charge in [-0.25, -0.2) is 0 Å². The van der Waals surface area contributed by atoms with Crippen molar-refractivity contribution in [1.29, 1.82) is 0 Å². The third kappa shape index (κ3) is 6.10. The van der Waals surface area contributed by atoms with Crippen molar-refractivity contribution in [1.82, 2.24) is 0 Å². The molecule has 0 atom stereocenters. The van der Waals surface area contributed by atoms with Gasteiger partial charge in [0.1, 0.15) is 6.61 Å². The molecule has 0 aromatic carbocycles. The molecule has 0 unspecified atom stereocenters. The van der Waals surface area contributed by atoms with Crippen molar-refractivity contribution >= 4 is 0 Å². The second-order valence-corrected chi connectivity index (χ2v) is 3.03. The zero-order valence-corrected chi connectivity index (χ0v) is 10.4. The van der Waals surface area contributed by atoms with Gasteiger partial charge in [-0.05, 0) is 27.2 Å². The maximum atomic E-state index is 5.49. The Hall–Kier alpha value is -0.160. The van der Waals surface area contributed by atoms with Gasteiger partial charge in [0.25, 0.3) is 0 Å². The lowest BCUT2D eigenvalue weighted by molar-refractivity contribution is -0.391. The summed E-state index contributed by atoms with van der Waals surface area (Å²) in [5.74, 6) is -1.02. The van der Waals surface area contributed by atoms with Gasteiger partial charge in [-0.15, -0.1) is 0 Å². The minimum Gasteiger partial charge on any atom is -0.373 e. The molecule has 0 aliphatic heterocycles. The Kier molecular flexibility index (Phi) is 9.00. The summed E-state index contributed by atoms with van der Waals surface area (Å²) in [6.45, 7) is 10.4. The molecule has 0 saturated heterocycles. The van der Waals surface area contributed by atoms with Crippen LogP contribution in [0.5, 0.6) is 0 Å². The minimum absolute atomic E-state index is 0.316. The van der Waals surface area contributed by atoms with E-state index in [0.29, 0.717) is 33.0 Å². The number of rotatable bonds is 10. The van der Waals surface area contributed by atoms with Gasteiger partial charge >= 0.3 is 5.97 Å². The highest BCUT2D eigenvalue weighted by Crippen LogP contribution is 2.16. The van der Waals surface area contributed by atoms with Crippen LogP contribution in [0, 0.1) is 0 Å². The minimum atomic E-state index is -1.02.